The Morgan fingerprint density at radius 2 is 2.08 bits per heavy atom. The molecule has 0 aliphatic carbocycles. The number of rotatable bonds is 5. The number of fused-ring (bicyclic) bond motifs is 1. The minimum absolute atomic E-state index is 0.0303. The number of nitrogens with zero attached hydrogens (tertiary/aromatic N) is 4. The van der Waals surface area contributed by atoms with Gasteiger partial charge in [0.05, 0.1) is 11.5 Å². The minimum Gasteiger partial charge on any atom is -0.377 e. The quantitative estimate of drug-likeness (QED) is 0.870. The number of aromatic nitrogens is 3. The van der Waals surface area contributed by atoms with Gasteiger partial charge in [-0.3, -0.25) is 9.78 Å². The van der Waals surface area contributed by atoms with Crippen LogP contribution in [-0.4, -0.2) is 53.2 Å². The molecule has 2 fully saturated rings. The summed E-state index contributed by atoms with van der Waals surface area (Å²) >= 11 is 0. The van der Waals surface area contributed by atoms with Crippen LogP contribution in [0.1, 0.15) is 18.5 Å². The van der Waals surface area contributed by atoms with Gasteiger partial charge in [-0.1, -0.05) is 6.07 Å². The highest BCUT2D eigenvalue weighted by Gasteiger charge is 2.53. The summed E-state index contributed by atoms with van der Waals surface area (Å²) in [5, 5.41) is 3.11. The molecule has 4 rings (SSSR count). The van der Waals surface area contributed by atoms with Crippen molar-refractivity contribution in [3.8, 4) is 0 Å². The molecule has 7 nitrogen and oxygen atoms in total. The van der Waals surface area contributed by atoms with Gasteiger partial charge in [-0.25, -0.2) is 9.97 Å². The van der Waals surface area contributed by atoms with Crippen LogP contribution in [0.5, 0.6) is 0 Å². The fraction of sp³-hybridized carbons (Fsp3) is 0.474. The van der Waals surface area contributed by atoms with Gasteiger partial charge in [-0.15, -0.1) is 0 Å². The Kier molecular flexibility index (Phi) is 4.79. The molecule has 0 unspecified atom stereocenters. The zero-order valence-corrected chi connectivity index (χ0v) is 14.7. The Balaban J connectivity index is 1.44. The van der Waals surface area contributed by atoms with Crippen molar-refractivity contribution in [2.45, 2.75) is 25.4 Å². The van der Waals surface area contributed by atoms with Gasteiger partial charge >= 0.3 is 0 Å². The molecule has 7 heteroatoms. The summed E-state index contributed by atoms with van der Waals surface area (Å²) < 4.78 is 5.89. The molecule has 0 aromatic carbocycles. The van der Waals surface area contributed by atoms with Crippen molar-refractivity contribution in [2.24, 2.45) is 5.41 Å². The van der Waals surface area contributed by atoms with E-state index in [2.05, 4.69) is 25.2 Å². The van der Waals surface area contributed by atoms with Crippen LogP contribution in [0, 0.1) is 5.41 Å². The van der Waals surface area contributed by atoms with E-state index in [9.17, 15) is 4.79 Å². The normalized spacial score (nSPS) is 24.9. The third-order valence-corrected chi connectivity index (χ3v) is 5.30. The SMILES string of the molecule is O=C(NCCc1ccccn1)[C@@]12CCO[C@@H]1CCN(c1ncccn1)C2. The number of ether oxygens (including phenoxy) is 1. The second kappa shape index (κ2) is 7.37. The molecule has 2 aliphatic heterocycles. The second-order valence-corrected chi connectivity index (χ2v) is 6.85. The predicted octanol–water partition coefficient (Wildman–Crippen LogP) is 1.22. The van der Waals surface area contributed by atoms with Crippen molar-refractivity contribution < 1.29 is 9.53 Å². The van der Waals surface area contributed by atoms with E-state index in [1.807, 2.05) is 18.2 Å². The van der Waals surface area contributed by atoms with Crippen LogP contribution in [0.25, 0.3) is 0 Å². The monoisotopic (exact) mass is 353 g/mol. The molecule has 2 aromatic heterocycles. The number of hydrogen-bond acceptors (Lipinski definition) is 6. The summed E-state index contributed by atoms with van der Waals surface area (Å²) in [7, 11) is 0. The lowest BCUT2D eigenvalue weighted by atomic mass is 9.75. The Labute approximate surface area is 152 Å². The molecular formula is C19H23N5O2. The Morgan fingerprint density at radius 1 is 1.23 bits per heavy atom. The number of nitrogens with one attached hydrogen (secondary N) is 1. The zero-order valence-electron chi connectivity index (χ0n) is 14.7. The Hall–Kier alpha value is -2.54. The summed E-state index contributed by atoms with van der Waals surface area (Å²) in [6.45, 7) is 2.60. The first kappa shape index (κ1) is 16.9. The van der Waals surface area contributed by atoms with Gasteiger partial charge in [-0.05, 0) is 31.0 Å². The maximum absolute atomic E-state index is 13.1. The van der Waals surface area contributed by atoms with Crippen LogP contribution in [0.2, 0.25) is 0 Å². The number of carbonyl (C=O) groups excluding carboxylic acids is 1. The molecule has 2 saturated heterocycles. The molecule has 0 saturated carbocycles. The van der Waals surface area contributed by atoms with E-state index in [-0.39, 0.29) is 12.0 Å². The first-order valence-electron chi connectivity index (χ1n) is 9.10. The topological polar surface area (TPSA) is 80.2 Å². The van der Waals surface area contributed by atoms with E-state index in [4.69, 9.17) is 4.74 Å². The van der Waals surface area contributed by atoms with Gasteiger partial charge in [0.15, 0.2) is 0 Å². The van der Waals surface area contributed by atoms with Crippen molar-refractivity contribution in [1.29, 1.82) is 0 Å². The van der Waals surface area contributed by atoms with E-state index in [0.29, 0.717) is 25.6 Å². The molecule has 136 valence electrons. The average Bonchev–Trinajstić information content (AvgIpc) is 3.14. The van der Waals surface area contributed by atoms with Crippen LogP contribution >= 0.6 is 0 Å². The highest BCUT2D eigenvalue weighted by Crippen LogP contribution is 2.41. The van der Waals surface area contributed by atoms with Crippen LogP contribution in [0.3, 0.4) is 0 Å². The number of amides is 1. The fourth-order valence-electron chi connectivity index (χ4n) is 3.92. The van der Waals surface area contributed by atoms with E-state index >= 15 is 0 Å². The van der Waals surface area contributed by atoms with E-state index in [1.54, 1.807) is 24.7 Å². The molecule has 0 bridgehead atoms. The summed E-state index contributed by atoms with van der Waals surface area (Å²) in [4.78, 5) is 28.2. The van der Waals surface area contributed by atoms with Crippen molar-refractivity contribution in [3.05, 3.63) is 48.5 Å². The summed E-state index contributed by atoms with van der Waals surface area (Å²) in [6, 6.07) is 7.63. The van der Waals surface area contributed by atoms with Crippen molar-refractivity contribution >= 4 is 11.9 Å². The first-order chi connectivity index (χ1) is 12.8. The van der Waals surface area contributed by atoms with Crippen LogP contribution < -0.4 is 10.2 Å². The van der Waals surface area contributed by atoms with E-state index < -0.39 is 5.41 Å². The molecule has 0 radical (unpaired) electrons. The molecule has 4 heterocycles. The second-order valence-electron chi connectivity index (χ2n) is 6.85. The summed E-state index contributed by atoms with van der Waals surface area (Å²) in [5.41, 5.74) is 0.453. The Bertz CT molecular complexity index is 742. The van der Waals surface area contributed by atoms with Crippen LogP contribution in [0.4, 0.5) is 5.95 Å². The number of carbonyl (C=O) groups is 1. The van der Waals surface area contributed by atoms with Crippen LogP contribution in [-0.2, 0) is 16.0 Å². The molecular weight excluding hydrogens is 330 g/mol. The van der Waals surface area contributed by atoms with Gasteiger partial charge in [-0.2, -0.15) is 0 Å². The Morgan fingerprint density at radius 3 is 2.88 bits per heavy atom. The predicted molar refractivity (Wildman–Crippen MR) is 96.6 cm³/mol. The lowest BCUT2D eigenvalue weighted by Gasteiger charge is -2.42. The van der Waals surface area contributed by atoms with Gasteiger partial charge in [0, 0.05) is 56.9 Å². The number of anilines is 1. The largest absolute Gasteiger partial charge is 0.377 e. The zero-order chi connectivity index (χ0) is 17.8. The molecule has 26 heavy (non-hydrogen) atoms. The number of hydrogen-bond donors (Lipinski definition) is 1. The molecule has 2 aliphatic rings. The smallest absolute Gasteiger partial charge is 0.230 e. The lowest BCUT2D eigenvalue weighted by Crippen LogP contribution is -2.57. The number of pyridine rings is 1. The maximum Gasteiger partial charge on any atom is 0.230 e. The summed E-state index contributed by atoms with van der Waals surface area (Å²) in [5.74, 6) is 0.745. The van der Waals surface area contributed by atoms with Crippen molar-refractivity contribution in [2.75, 3.05) is 31.1 Å². The molecule has 2 aromatic rings. The van der Waals surface area contributed by atoms with Gasteiger partial charge in [0.2, 0.25) is 11.9 Å². The van der Waals surface area contributed by atoms with Gasteiger partial charge in [0.1, 0.15) is 0 Å². The summed E-state index contributed by atoms with van der Waals surface area (Å²) in [6.07, 6.45) is 7.48. The molecule has 0 spiro atoms. The van der Waals surface area contributed by atoms with E-state index in [1.165, 1.54) is 0 Å². The number of piperidine rings is 1. The minimum atomic E-state index is -0.526. The van der Waals surface area contributed by atoms with Gasteiger partial charge < -0.3 is 15.0 Å². The first-order valence-corrected chi connectivity index (χ1v) is 9.10. The van der Waals surface area contributed by atoms with E-state index in [0.717, 1.165) is 31.5 Å². The average molecular weight is 353 g/mol. The highest BCUT2D eigenvalue weighted by atomic mass is 16.5. The maximum atomic E-state index is 13.1. The van der Waals surface area contributed by atoms with Crippen LogP contribution in [0.15, 0.2) is 42.9 Å². The third kappa shape index (κ3) is 3.26. The van der Waals surface area contributed by atoms with Crippen molar-refractivity contribution in [3.63, 3.8) is 0 Å². The third-order valence-electron chi connectivity index (χ3n) is 5.30. The lowest BCUT2D eigenvalue weighted by molar-refractivity contribution is -0.134. The highest BCUT2D eigenvalue weighted by molar-refractivity contribution is 5.84. The molecule has 1 amide bonds. The molecule has 1 N–H and O–H groups in total. The molecule has 2 atom stereocenters. The van der Waals surface area contributed by atoms with Crippen molar-refractivity contribution in [1.82, 2.24) is 20.3 Å². The van der Waals surface area contributed by atoms with Gasteiger partial charge in [0.25, 0.3) is 0 Å². The fourth-order valence-corrected chi connectivity index (χ4v) is 3.92. The standard InChI is InChI=1S/C19H23N5O2/c25-17(21-11-5-15-4-1-2-8-20-15)19-7-13-26-16(19)6-12-24(14-19)18-22-9-3-10-23-18/h1-4,8-10,16H,5-7,11-14H2,(H,21,25)/t16-,19-/m1/s1.